The highest BCUT2D eigenvalue weighted by Gasteiger charge is 2.17. The third-order valence-electron chi connectivity index (χ3n) is 5.35. The second kappa shape index (κ2) is 6.77. The number of non-ortho nitro benzene ring substituents is 1. The second-order valence-corrected chi connectivity index (χ2v) is 7.37. The zero-order valence-electron chi connectivity index (χ0n) is 16.5. The van der Waals surface area contributed by atoms with Gasteiger partial charge < -0.3 is 4.57 Å². The largest absolute Gasteiger partial charge is 0.326 e. The van der Waals surface area contributed by atoms with Crippen LogP contribution in [-0.2, 0) is 7.05 Å². The van der Waals surface area contributed by atoms with Crippen LogP contribution in [0.25, 0.3) is 44.6 Å². The molecule has 5 aromatic rings. The molecule has 0 N–H and O–H groups in total. The molecule has 0 aliphatic rings. The lowest BCUT2D eigenvalue weighted by molar-refractivity contribution is -0.384. The van der Waals surface area contributed by atoms with Gasteiger partial charge in [-0.25, -0.2) is 9.97 Å². The number of imidazole rings is 1. The zero-order chi connectivity index (χ0) is 20.8. The van der Waals surface area contributed by atoms with Crippen LogP contribution in [0.4, 0.5) is 5.69 Å². The predicted molar refractivity (Wildman–Crippen MR) is 118 cm³/mol. The molecule has 0 fully saturated rings. The van der Waals surface area contributed by atoms with E-state index in [1.165, 1.54) is 17.7 Å². The summed E-state index contributed by atoms with van der Waals surface area (Å²) in [5, 5.41) is 12.2. The SMILES string of the molecule is Cc1ccc2nc(-c3nc4cc([N+](=O)[O-])ccc4n3C)cc(-c3ccccc3)c2c1. The summed E-state index contributed by atoms with van der Waals surface area (Å²) in [5.41, 5.74) is 6.39. The number of nitro groups is 1. The molecule has 0 aliphatic carbocycles. The fourth-order valence-corrected chi connectivity index (χ4v) is 3.84. The minimum absolute atomic E-state index is 0.0269. The average Bonchev–Trinajstić information content (AvgIpc) is 3.09. The number of hydrogen-bond acceptors (Lipinski definition) is 4. The van der Waals surface area contributed by atoms with Crippen LogP contribution >= 0.6 is 0 Å². The Hall–Kier alpha value is -4.06. The summed E-state index contributed by atoms with van der Waals surface area (Å²) in [6.45, 7) is 2.07. The van der Waals surface area contributed by atoms with E-state index in [1.807, 2.05) is 48.0 Å². The minimum Gasteiger partial charge on any atom is -0.326 e. The molecule has 0 saturated carbocycles. The lowest BCUT2D eigenvalue weighted by atomic mass is 9.99. The molecule has 6 nitrogen and oxygen atoms in total. The van der Waals surface area contributed by atoms with E-state index >= 15 is 0 Å². The van der Waals surface area contributed by atoms with Gasteiger partial charge in [-0.2, -0.15) is 0 Å². The van der Waals surface area contributed by atoms with E-state index in [0.717, 1.165) is 33.2 Å². The molecule has 0 saturated heterocycles. The molecule has 0 unspecified atom stereocenters. The van der Waals surface area contributed by atoms with E-state index in [9.17, 15) is 10.1 Å². The number of fused-ring (bicyclic) bond motifs is 2. The number of rotatable bonds is 3. The number of aryl methyl sites for hydroxylation is 2. The topological polar surface area (TPSA) is 73.8 Å². The first-order chi connectivity index (χ1) is 14.5. The summed E-state index contributed by atoms with van der Waals surface area (Å²) in [5.74, 6) is 0.671. The van der Waals surface area contributed by atoms with Crippen molar-refractivity contribution < 1.29 is 4.92 Å². The van der Waals surface area contributed by atoms with Crippen LogP contribution < -0.4 is 0 Å². The average molecular weight is 394 g/mol. The van der Waals surface area contributed by atoms with Crippen molar-refractivity contribution in [1.29, 1.82) is 0 Å². The molecule has 5 rings (SSSR count). The lowest BCUT2D eigenvalue weighted by Gasteiger charge is -2.11. The van der Waals surface area contributed by atoms with Crippen LogP contribution in [0, 0.1) is 17.0 Å². The highest BCUT2D eigenvalue weighted by atomic mass is 16.6. The first-order valence-corrected chi connectivity index (χ1v) is 9.59. The summed E-state index contributed by atoms with van der Waals surface area (Å²) in [6.07, 6.45) is 0. The van der Waals surface area contributed by atoms with Crippen LogP contribution in [-0.4, -0.2) is 19.5 Å². The van der Waals surface area contributed by atoms with Gasteiger partial charge in [-0.3, -0.25) is 10.1 Å². The molecule has 2 heterocycles. The Morgan fingerprint density at radius 1 is 0.900 bits per heavy atom. The van der Waals surface area contributed by atoms with Crippen LogP contribution in [0.5, 0.6) is 0 Å². The molecule has 0 bridgehead atoms. The van der Waals surface area contributed by atoms with Gasteiger partial charge in [0.2, 0.25) is 0 Å². The molecule has 0 atom stereocenters. The summed E-state index contributed by atoms with van der Waals surface area (Å²) < 4.78 is 1.93. The molecule has 3 aromatic carbocycles. The molecule has 2 aromatic heterocycles. The summed E-state index contributed by atoms with van der Waals surface area (Å²) in [6, 6.07) is 23.2. The Kier molecular flexibility index (Phi) is 4.06. The van der Waals surface area contributed by atoms with Gasteiger partial charge >= 0.3 is 0 Å². The monoisotopic (exact) mass is 394 g/mol. The third-order valence-corrected chi connectivity index (χ3v) is 5.35. The van der Waals surface area contributed by atoms with E-state index < -0.39 is 4.92 Å². The number of nitro benzene ring substituents is 1. The third kappa shape index (κ3) is 2.90. The Morgan fingerprint density at radius 2 is 1.70 bits per heavy atom. The van der Waals surface area contributed by atoms with Gasteiger partial charge in [0, 0.05) is 24.6 Å². The van der Waals surface area contributed by atoms with Gasteiger partial charge in [0.05, 0.1) is 21.5 Å². The van der Waals surface area contributed by atoms with E-state index in [-0.39, 0.29) is 5.69 Å². The van der Waals surface area contributed by atoms with Gasteiger partial charge in [-0.05, 0) is 42.3 Å². The van der Waals surface area contributed by atoms with Gasteiger partial charge in [0.15, 0.2) is 5.82 Å². The normalized spacial score (nSPS) is 11.3. The summed E-state index contributed by atoms with van der Waals surface area (Å²) in [4.78, 5) is 20.3. The van der Waals surface area contributed by atoms with Crippen LogP contribution in [0.3, 0.4) is 0 Å². The molecule has 30 heavy (non-hydrogen) atoms. The summed E-state index contributed by atoms with van der Waals surface area (Å²) in [7, 11) is 1.90. The molecular formula is C24H18N4O2. The Bertz CT molecular complexity index is 1440. The number of aromatic nitrogens is 3. The highest BCUT2D eigenvalue weighted by Crippen LogP contribution is 2.33. The molecule has 0 radical (unpaired) electrons. The molecule has 0 spiro atoms. The van der Waals surface area contributed by atoms with Crippen molar-refractivity contribution in [2.24, 2.45) is 7.05 Å². The van der Waals surface area contributed by atoms with Crippen molar-refractivity contribution in [2.75, 3.05) is 0 Å². The number of nitrogens with zero attached hydrogens (tertiary/aromatic N) is 4. The highest BCUT2D eigenvalue weighted by molar-refractivity contribution is 5.97. The standard InChI is InChI=1S/C24H18N4O2/c1-15-8-10-20-19(12-15)18(16-6-4-3-5-7-16)14-22(25-20)24-26-21-13-17(28(29)30)9-11-23(21)27(24)2/h3-14H,1-2H3. The maximum absolute atomic E-state index is 11.1. The Labute approximate surface area is 172 Å². The first-order valence-electron chi connectivity index (χ1n) is 9.59. The second-order valence-electron chi connectivity index (χ2n) is 7.37. The smallest absolute Gasteiger partial charge is 0.271 e. The van der Waals surface area contributed by atoms with Gasteiger partial charge in [-0.15, -0.1) is 0 Å². The first kappa shape index (κ1) is 18.0. The van der Waals surface area contributed by atoms with Gasteiger partial charge in [0.1, 0.15) is 5.69 Å². The molecule has 146 valence electrons. The van der Waals surface area contributed by atoms with E-state index in [1.54, 1.807) is 6.07 Å². The number of benzene rings is 3. The quantitative estimate of drug-likeness (QED) is 0.292. The van der Waals surface area contributed by atoms with Crippen molar-refractivity contribution in [3.05, 3.63) is 88.5 Å². The maximum atomic E-state index is 11.1. The number of pyridine rings is 1. The van der Waals surface area contributed by atoms with E-state index in [0.29, 0.717) is 11.3 Å². The van der Waals surface area contributed by atoms with Crippen molar-refractivity contribution in [3.63, 3.8) is 0 Å². The summed E-state index contributed by atoms with van der Waals surface area (Å²) >= 11 is 0. The fraction of sp³-hybridized carbons (Fsp3) is 0.0833. The zero-order valence-corrected chi connectivity index (χ0v) is 16.5. The van der Waals surface area contributed by atoms with Crippen molar-refractivity contribution in [2.45, 2.75) is 6.92 Å². The molecule has 6 heteroatoms. The fourth-order valence-electron chi connectivity index (χ4n) is 3.84. The molecular weight excluding hydrogens is 376 g/mol. The van der Waals surface area contributed by atoms with Crippen LogP contribution in [0.1, 0.15) is 5.56 Å². The van der Waals surface area contributed by atoms with Crippen LogP contribution in [0.15, 0.2) is 72.8 Å². The van der Waals surface area contributed by atoms with Crippen molar-refractivity contribution in [3.8, 4) is 22.6 Å². The molecule has 0 amide bonds. The lowest BCUT2D eigenvalue weighted by Crippen LogP contribution is -1.97. The maximum Gasteiger partial charge on any atom is 0.271 e. The van der Waals surface area contributed by atoms with Gasteiger partial charge in [-0.1, -0.05) is 42.0 Å². The Morgan fingerprint density at radius 3 is 2.47 bits per heavy atom. The van der Waals surface area contributed by atoms with E-state index in [2.05, 4.69) is 30.1 Å². The minimum atomic E-state index is -0.405. The predicted octanol–water partition coefficient (Wildman–Crippen LogP) is 5.67. The van der Waals surface area contributed by atoms with Crippen molar-refractivity contribution >= 4 is 27.6 Å². The Balaban J connectivity index is 1.78. The van der Waals surface area contributed by atoms with Crippen molar-refractivity contribution in [1.82, 2.24) is 14.5 Å². The molecule has 0 aliphatic heterocycles. The number of hydrogen-bond donors (Lipinski definition) is 0. The van der Waals surface area contributed by atoms with Crippen LogP contribution in [0.2, 0.25) is 0 Å². The van der Waals surface area contributed by atoms with E-state index in [4.69, 9.17) is 4.98 Å². The van der Waals surface area contributed by atoms with Gasteiger partial charge in [0.25, 0.3) is 5.69 Å².